The molecule has 5 heteroatoms. The summed E-state index contributed by atoms with van der Waals surface area (Å²) in [6.45, 7) is 6.81. The fourth-order valence-electron chi connectivity index (χ4n) is 4.79. The van der Waals surface area contributed by atoms with Crippen LogP contribution in [0.2, 0.25) is 0 Å². The summed E-state index contributed by atoms with van der Waals surface area (Å²) in [5, 5.41) is 10.1. The molecule has 176 valence electrons. The lowest BCUT2D eigenvalue weighted by atomic mass is 9.76. The number of ether oxygens (including phenoxy) is 1. The van der Waals surface area contributed by atoms with Gasteiger partial charge in [0.1, 0.15) is 11.6 Å². The predicted octanol–water partition coefficient (Wildman–Crippen LogP) is 6.17. The van der Waals surface area contributed by atoms with Crippen LogP contribution in [0.4, 0.5) is 10.1 Å². The van der Waals surface area contributed by atoms with Gasteiger partial charge in [0.05, 0.1) is 18.3 Å². The van der Waals surface area contributed by atoms with Crippen LogP contribution in [-0.4, -0.2) is 24.7 Å². The van der Waals surface area contributed by atoms with E-state index in [9.17, 15) is 9.90 Å². The highest BCUT2D eigenvalue weighted by atomic mass is 19.1. The monoisotopic (exact) mass is 459 g/mol. The average molecular weight is 460 g/mol. The Morgan fingerprint density at radius 3 is 2.50 bits per heavy atom. The van der Waals surface area contributed by atoms with Crippen LogP contribution >= 0.6 is 0 Å². The summed E-state index contributed by atoms with van der Waals surface area (Å²) in [6.07, 6.45) is 3.78. The summed E-state index contributed by atoms with van der Waals surface area (Å²) in [7, 11) is 1.34. The molecule has 3 aromatic rings. The first-order valence-corrected chi connectivity index (χ1v) is 11.5. The zero-order valence-corrected chi connectivity index (χ0v) is 20.0. The van der Waals surface area contributed by atoms with Crippen molar-refractivity contribution in [2.45, 2.75) is 38.6 Å². The third-order valence-corrected chi connectivity index (χ3v) is 6.77. The third-order valence-electron chi connectivity index (χ3n) is 6.77. The molecule has 0 aromatic heterocycles. The average Bonchev–Trinajstić information content (AvgIpc) is 2.83. The molecule has 0 radical (unpaired) electrons. The molecular formula is C29H30FNO3. The number of aromatic hydroxyl groups is 1. The van der Waals surface area contributed by atoms with E-state index >= 15 is 4.39 Å². The molecule has 4 nitrogen and oxygen atoms in total. The van der Waals surface area contributed by atoms with Crippen molar-refractivity contribution in [1.29, 1.82) is 0 Å². The predicted molar refractivity (Wildman–Crippen MR) is 134 cm³/mol. The number of fused-ring (bicyclic) bond motifs is 1. The van der Waals surface area contributed by atoms with E-state index in [0.29, 0.717) is 18.7 Å². The molecule has 1 aliphatic rings. The van der Waals surface area contributed by atoms with Crippen molar-refractivity contribution in [2.24, 2.45) is 0 Å². The van der Waals surface area contributed by atoms with Crippen molar-refractivity contribution < 1.29 is 19.0 Å². The molecule has 0 bridgehead atoms. The summed E-state index contributed by atoms with van der Waals surface area (Å²) in [5.41, 5.74) is 4.79. The van der Waals surface area contributed by atoms with Gasteiger partial charge in [-0.1, -0.05) is 50.2 Å². The number of halogens is 1. The van der Waals surface area contributed by atoms with Gasteiger partial charge >= 0.3 is 5.97 Å². The Balaban J connectivity index is 1.82. The molecule has 0 saturated heterocycles. The standard InChI is InChI=1S/C29H30FNO3/c1-19(2)21-8-13-27(26(30)18-21)31-16-15-22-17-24(32)11-12-25(22)29(31,3)23-9-5-20(6-10-23)7-14-28(33)34-4/h5-14,17-19,32H,15-16H2,1-4H3. The number of hydrogen-bond acceptors (Lipinski definition) is 4. The maximum Gasteiger partial charge on any atom is 0.330 e. The van der Waals surface area contributed by atoms with E-state index in [1.165, 1.54) is 13.2 Å². The van der Waals surface area contributed by atoms with E-state index in [0.717, 1.165) is 27.8 Å². The minimum absolute atomic E-state index is 0.227. The van der Waals surface area contributed by atoms with Gasteiger partial charge in [-0.25, -0.2) is 9.18 Å². The van der Waals surface area contributed by atoms with Crippen LogP contribution in [0.3, 0.4) is 0 Å². The van der Waals surface area contributed by atoms with E-state index in [-0.39, 0.29) is 17.5 Å². The lowest BCUT2D eigenvalue weighted by Gasteiger charge is -2.48. The van der Waals surface area contributed by atoms with Gasteiger partial charge in [0.25, 0.3) is 0 Å². The molecule has 3 aromatic carbocycles. The van der Waals surface area contributed by atoms with E-state index in [1.54, 1.807) is 24.3 Å². The zero-order valence-electron chi connectivity index (χ0n) is 20.0. The minimum Gasteiger partial charge on any atom is -0.508 e. The number of carbonyl (C=O) groups is 1. The van der Waals surface area contributed by atoms with Crippen LogP contribution in [0, 0.1) is 5.82 Å². The van der Waals surface area contributed by atoms with Gasteiger partial charge in [-0.15, -0.1) is 0 Å². The molecule has 0 saturated carbocycles. The Hall–Kier alpha value is -3.60. The summed E-state index contributed by atoms with van der Waals surface area (Å²) in [4.78, 5) is 13.6. The minimum atomic E-state index is -0.661. The summed E-state index contributed by atoms with van der Waals surface area (Å²) in [6, 6.07) is 18.8. The van der Waals surface area contributed by atoms with Crippen LogP contribution in [0.15, 0.2) is 66.7 Å². The first kappa shape index (κ1) is 23.6. The molecule has 0 aliphatic carbocycles. The van der Waals surface area contributed by atoms with E-state index < -0.39 is 11.5 Å². The number of nitrogens with zero attached hydrogens (tertiary/aromatic N) is 1. The van der Waals surface area contributed by atoms with Gasteiger partial charge in [0.15, 0.2) is 0 Å². The number of benzene rings is 3. The Kier molecular flexibility index (Phi) is 6.47. The summed E-state index contributed by atoms with van der Waals surface area (Å²) >= 11 is 0. The van der Waals surface area contributed by atoms with Gasteiger partial charge in [0.2, 0.25) is 0 Å². The number of esters is 1. The van der Waals surface area contributed by atoms with Gasteiger partial charge < -0.3 is 14.7 Å². The first-order chi connectivity index (χ1) is 16.2. The molecule has 0 fully saturated rings. The number of rotatable bonds is 5. The molecule has 1 aliphatic heterocycles. The smallest absolute Gasteiger partial charge is 0.330 e. The Morgan fingerprint density at radius 2 is 1.85 bits per heavy atom. The number of hydrogen-bond donors (Lipinski definition) is 1. The fourth-order valence-corrected chi connectivity index (χ4v) is 4.79. The highest BCUT2D eigenvalue weighted by molar-refractivity contribution is 5.86. The van der Waals surface area contributed by atoms with E-state index in [1.807, 2.05) is 42.5 Å². The number of phenols is 1. The quantitative estimate of drug-likeness (QED) is 0.366. The molecule has 0 amide bonds. The van der Waals surface area contributed by atoms with Crippen LogP contribution < -0.4 is 4.90 Å². The summed E-state index contributed by atoms with van der Waals surface area (Å²) in [5.74, 6) is -0.184. The molecular weight excluding hydrogens is 429 g/mol. The van der Waals surface area contributed by atoms with Crippen molar-refractivity contribution >= 4 is 17.7 Å². The topological polar surface area (TPSA) is 49.8 Å². The number of methoxy groups -OCH3 is 1. The molecule has 1 heterocycles. The van der Waals surface area contributed by atoms with Crippen LogP contribution in [-0.2, 0) is 21.5 Å². The number of phenolic OH excluding ortho intramolecular Hbond substituents is 1. The normalized spacial score (nSPS) is 17.8. The third kappa shape index (κ3) is 4.30. The maximum atomic E-state index is 15.4. The van der Waals surface area contributed by atoms with Crippen molar-refractivity contribution in [3.05, 3.63) is 100 Å². The maximum absolute atomic E-state index is 15.4. The highest BCUT2D eigenvalue weighted by Gasteiger charge is 2.41. The Morgan fingerprint density at radius 1 is 1.12 bits per heavy atom. The number of carbonyl (C=O) groups excluding carboxylic acids is 1. The summed E-state index contributed by atoms with van der Waals surface area (Å²) < 4.78 is 20.1. The second-order valence-electron chi connectivity index (χ2n) is 9.16. The molecule has 1 atom stereocenters. The van der Waals surface area contributed by atoms with Crippen molar-refractivity contribution in [3.8, 4) is 5.75 Å². The molecule has 1 unspecified atom stereocenters. The van der Waals surface area contributed by atoms with E-state index in [2.05, 4.69) is 30.4 Å². The number of anilines is 1. The van der Waals surface area contributed by atoms with Gasteiger partial charge in [0, 0.05) is 12.6 Å². The highest BCUT2D eigenvalue weighted by Crippen LogP contribution is 2.45. The molecule has 4 rings (SSSR count). The molecule has 34 heavy (non-hydrogen) atoms. The van der Waals surface area contributed by atoms with Crippen LogP contribution in [0.5, 0.6) is 5.75 Å². The second kappa shape index (κ2) is 9.34. The zero-order chi connectivity index (χ0) is 24.5. The van der Waals surface area contributed by atoms with Crippen LogP contribution in [0.1, 0.15) is 54.5 Å². The Bertz CT molecular complexity index is 1230. The SMILES string of the molecule is COC(=O)C=Cc1ccc(C2(C)c3ccc(O)cc3CCN2c2ccc(C(C)C)cc2F)cc1. The fraction of sp³-hybridized carbons (Fsp3) is 0.276. The lowest BCUT2D eigenvalue weighted by molar-refractivity contribution is -0.134. The molecule has 1 N–H and O–H groups in total. The van der Waals surface area contributed by atoms with Gasteiger partial charge in [-0.3, -0.25) is 0 Å². The lowest BCUT2D eigenvalue weighted by Crippen LogP contribution is -2.50. The largest absolute Gasteiger partial charge is 0.508 e. The van der Waals surface area contributed by atoms with Crippen molar-refractivity contribution in [2.75, 3.05) is 18.6 Å². The van der Waals surface area contributed by atoms with E-state index in [4.69, 9.17) is 0 Å². The van der Waals surface area contributed by atoms with Crippen molar-refractivity contribution in [3.63, 3.8) is 0 Å². The van der Waals surface area contributed by atoms with Gasteiger partial charge in [-0.05, 0) is 77.4 Å². The van der Waals surface area contributed by atoms with Gasteiger partial charge in [-0.2, -0.15) is 0 Å². The van der Waals surface area contributed by atoms with Crippen LogP contribution in [0.25, 0.3) is 6.08 Å². The second-order valence-corrected chi connectivity index (χ2v) is 9.16. The Labute approximate surface area is 200 Å². The van der Waals surface area contributed by atoms with Crippen molar-refractivity contribution in [1.82, 2.24) is 0 Å². The first-order valence-electron chi connectivity index (χ1n) is 11.5. The molecule has 0 spiro atoms.